The van der Waals surface area contributed by atoms with E-state index in [9.17, 15) is 14.9 Å². The normalized spacial score (nSPS) is 24.0. The lowest BCUT2D eigenvalue weighted by Crippen LogP contribution is -2.46. The SMILES string of the molecule is COC(=O)[C@]1(CSc2ccccc2)C(=O)N2C=Cc3ccccc3[C@@]2(C#N)[C@@H]1c1cccc(OC)c1. The van der Waals surface area contributed by atoms with Gasteiger partial charge in [-0.05, 0) is 41.5 Å². The van der Waals surface area contributed by atoms with E-state index in [4.69, 9.17) is 9.47 Å². The first-order valence-corrected chi connectivity index (χ1v) is 12.4. The molecule has 5 rings (SSSR count). The molecule has 7 heteroatoms. The molecule has 3 aromatic carbocycles. The average molecular weight is 497 g/mol. The average Bonchev–Trinajstić information content (AvgIpc) is 3.17. The summed E-state index contributed by atoms with van der Waals surface area (Å²) in [5.74, 6) is -1.33. The molecule has 6 nitrogen and oxygen atoms in total. The summed E-state index contributed by atoms with van der Waals surface area (Å²) in [6.45, 7) is 0. The maximum absolute atomic E-state index is 14.4. The van der Waals surface area contributed by atoms with E-state index in [2.05, 4.69) is 6.07 Å². The molecule has 2 aliphatic rings. The smallest absolute Gasteiger partial charge is 0.323 e. The van der Waals surface area contributed by atoms with Crippen LogP contribution in [-0.4, -0.2) is 36.7 Å². The highest BCUT2D eigenvalue weighted by Crippen LogP contribution is 2.62. The zero-order chi connectivity index (χ0) is 25.3. The van der Waals surface area contributed by atoms with Gasteiger partial charge in [0.15, 0.2) is 11.0 Å². The fourth-order valence-corrected chi connectivity index (χ4v) is 6.59. The van der Waals surface area contributed by atoms with E-state index in [1.54, 1.807) is 25.4 Å². The number of benzene rings is 3. The van der Waals surface area contributed by atoms with E-state index in [0.717, 1.165) is 10.5 Å². The quantitative estimate of drug-likeness (QED) is 0.272. The van der Waals surface area contributed by atoms with Crippen molar-refractivity contribution in [3.63, 3.8) is 0 Å². The fraction of sp³-hybridized carbons (Fsp3) is 0.207. The fourth-order valence-electron chi connectivity index (χ4n) is 5.44. The van der Waals surface area contributed by atoms with E-state index < -0.39 is 28.7 Å². The Morgan fingerprint density at radius 2 is 1.81 bits per heavy atom. The highest BCUT2D eigenvalue weighted by Gasteiger charge is 2.72. The number of carbonyl (C=O) groups excluding carboxylic acids is 2. The topological polar surface area (TPSA) is 79.6 Å². The molecule has 0 radical (unpaired) electrons. The van der Waals surface area contributed by atoms with Crippen molar-refractivity contribution in [2.45, 2.75) is 16.4 Å². The van der Waals surface area contributed by atoms with Crippen molar-refractivity contribution in [2.75, 3.05) is 20.0 Å². The summed E-state index contributed by atoms with van der Waals surface area (Å²) >= 11 is 1.40. The van der Waals surface area contributed by atoms with E-state index in [0.29, 0.717) is 16.9 Å². The van der Waals surface area contributed by atoms with Crippen LogP contribution in [0.1, 0.15) is 22.6 Å². The Morgan fingerprint density at radius 1 is 1.06 bits per heavy atom. The van der Waals surface area contributed by atoms with Crippen LogP contribution in [0.5, 0.6) is 5.75 Å². The van der Waals surface area contributed by atoms with Crippen LogP contribution in [0.25, 0.3) is 6.08 Å². The maximum atomic E-state index is 14.4. The molecular weight excluding hydrogens is 472 g/mol. The van der Waals surface area contributed by atoms with Crippen LogP contribution < -0.4 is 4.74 Å². The Bertz CT molecular complexity index is 1400. The van der Waals surface area contributed by atoms with Crippen LogP contribution in [0.3, 0.4) is 0 Å². The summed E-state index contributed by atoms with van der Waals surface area (Å²) in [6, 6.07) is 26.8. The van der Waals surface area contributed by atoms with Gasteiger partial charge < -0.3 is 9.47 Å². The third-order valence-corrected chi connectivity index (χ3v) is 8.23. The molecule has 0 unspecified atom stereocenters. The molecule has 1 fully saturated rings. The number of esters is 1. The number of carbonyl (C=O) groups is 2. The van der Waals surface area contributed by atoms with Crippen LogP contribution in [0, 0.1) is 16.7 Å². The molecular formula is C29H24N2O4S. The first kappa shape index (κ1) is 23.7. The number of nitrogens with zero attached hydrogens (tertiary/aromatic N) is 2. The van der Waals surface area contributed by atoms with Crippen molar-refractivity contribution in [1.29, 1.82) is 5.26 Å². The highest BCUT2D eigenvalue weighted by atomic mass is 32.2. The van der Waals surface area contributed by atoms with Gasteiger partial charge in [-0.15, -0.1) is 11.8 Å². The van der Waals surface area contributed by atoms with Gasteiger partial charge in [0.2, 0.25) is 5.91 Å². The van der Waals surface area contributed by atoms with Crippen molar-refractivity contribution in [1.82, 2.24) is 4.90 Å². The van der Waals surface area contributed by atoms with Gasteiger partial charge in [0.1, 0.15) is 5.75 Å². The third kappa shape index (κ3) is 3.33. The van der Waals surface area contributed by atoms with Crippen LogP contribution in [0.2, 0.25) is 0 Å². The number of ether oxygens (including phenoxy) is 2. The van der Waals surface area contributed by atoms with Gasteiger partial charge in [0.25, 0.3) is 0 Å². The largest absolute Gasteiger partial charge is 0.497 e. The van der Waals surface area contributed by atoms with Gasteiger partial charge in [-0.2, -0.15) is 5.26 Å². The van der Waals surface area contributed by atoms with Gasteiger partial charge in [0.05, 0.1) is 26.2 Å². The summed E-state index contributed by atoms with van der Waals surface area (Å²) in [7, 11) is 2.84. The molecule has 180 valence electrons. The lowest BCUT2D eigenvalue weighted by atomic mass is 9.64. The second-order valence-corrected chi connectivity index (χ2v) is 9.78. The molecule has 0 aromatic heterocycles. The minimum absolute atomic E-state index is 0.0976. The predicted octanol–water partition coefficient (Wildman–Crippen LogP) is 4.98. The minimum Gasteiger partial charge on any atom is -0.497 e. The number of amides is 1. The summed E-state index contributed by atoms with van der Waals surface area (Å²) in [5, 5.41) is 10.9. The Morgan fingerprint density at radius 3 is 2.53 bits per heavy atom. The number of hydrogen-bond acceptors (Lipinski definition) is 6. The number of methoxy groups -OCH3 is 2. The van der Waals surface area contributed by atoms with Crippen molar-refractivity contribution in [3.8, 4) is 11.8 Å². The van der Waals surface area contributed by atoms with Gasteiger partial charge in [0, 0.05) is 22.4 Å². The zero-order valence-corrected chi connectivity index (χ0v) is 20.7. The predicted molar refractivity (Wildman–Crippen MR) is 137 cm³/mol. The van der Waals surface area contributed by atoms with Crippen molar-refractivity contribution < 1.29 is 19.1 Å². The Hall–Kier alpha value is -4.02. The molecule has 0 aliphatic carbocycles. The monoisotopic (exact) mass is 496 g/mol. The van der Waals surface area contributed by atoms with Crippen LogP contribution in [-0.2, 0) is 19.9 Å². The molecule has 3 aromatic rings. The zero-order valence-electron chi connectivity index (χ0n) is 19.9. The summed E-state index contributed by atoms with van der Waals surface area (Å²) in [6.07, 6.45) is 3.43. The lowest BCUT2D eigenvalue weighted by Gasteiger charge is -2.40. The lowest BCUT2D eigenvalue weighted by molar-refractivity contribution is -0.157. The molecule has 0 N–H and O–H groups in total. The van der Waals surface area contributed by atoms with Gasteiger partial charge in [-0.3, -0.25) is 14.5 Å². The van der Waals surface area contributed by atoms with Crippen molar-refractivity contribution in [2.24, 2.45) is 5.41 Å². The second kappa shape index (κ2) is 9.21. The van der Waals surface area contributed by atoms with Crippen LogP contribution in [0.15, 0.2) is 90.0 Å². The number of fused-ring (bicyclic) bond motifs is 3. The first-order valence-electron chi connectivity index (χ1n) is 11.5. The van der Waals surface area contributed by atoms with Crippen molar-refractivity contribution in [3.05, 3.63) is 102 Å². The number of nitriles is 1. The molecule has 36 heavy (non-hydrogen) atoms. The van der Waals surface area contributed by atoms with Crippen molar-refractivity contribution >= 4 is 29.7 Å². The standard InChI is InChI=1S/C29H24N2O4S/c1-34-22-11-8-10-21(17-22)25-28(27(33)35-2,19-36-23-12-4-3-5-13-23)26(32)31-16-15-20-9-6-7-14-24(20)29(25,31)18-30/h3-17,25H,19H2,1-2H3/t25-,28+,29+/m1/s1. The Kier molecular flexibility index (Phi) is 6.07. The highest BCUT2D eigenvalue weighted by molar-refractivity contribution is 7.99. The van der Waals surface area contributed by atoms with E-state index in [-0.39, 0.29) is 5.75 Å². The molecule has 0 spiro atoms. The van der Waals surface area contributed by atoms with E-state index >= 15 is 0 Å². The Labute approximate surface area is 214 Å². The molecule has 2 heterocycles. The van der Waals surface area contributed by atoms with Crippen LogP contribution >= 0.6 is 11.8 Å². The van der Waals surface area contributed by atoms with Gasteiger partial charge in [-0.25, -0.2) is 0 Å². The Balaban J connectivity index is 1.80. The van der Waals surface area contributed by atoms with E-state index in [1.807, 2.05) is 72.8 Å². The molecule has 1 amide bonds. The minimum atomic E-state index is -1.67. The summed E-state index contributed by atoms with van der Waals surface area (Å²) in [5.41, 5.74) is -0.978. The summed E-state index contributed by atoms with van der Waals surface area (Å²) < 4.78 is 10.8. The third-order valence-electron chi connectivity index (χ3n) is 7.02. The van der Waals surface area contributed by atoms with Crippen LogP contribution in [0.4, 0.5) is 0 Å². The second-order valence-electron chi connectivity index (χ2n) is 8.73. The van der Waals surface area contributed by atoms with Gasteiger partial charge in [-0.1, -0.05) is 54.6 Å². The summed E-state index contributed by atoms with van der Waals surface area (Å²) in [4.78, 5) is 30.5. The number of thioether (sulfide) groups is 1. The number of hydrogen-bond donors (Lipinski definition) is 0. The number of rotatable bonds is 6. The molecule has 0 bridgehead atoms. The first-order chi connectivity index (χ1) is 17.5. The van der Waals surface area contributed by atoms with Gasteiger partial charge >= 0.3 is 5.97 Å². The molecule has 2 aliphatic heterocycles. The van der Waals surface area contributed by atoms with E-state index in [1.165, 1.54) is 23.8 Å². The molecule has 3 atom stereocenters. The maximum Gasteiger partial charge on any atom is 0.323 e. The molecule has 0 saturated carbocycles. The molecule has 1 saturated heterocycles.